The quantitative estimate of drug-likeness (QED) is 0.510. The predicted molar refractivity (Wildman–Crippen MR) is 118 cm³/mol. The van der Waals surface area contributed by atoms with Crippen LogP contribution in [0.2, 0.25) is 5.02 Å². The van der Waals surface area contributed by atoms with Crippen molar-refractivity contribution in [2.45, 2.75) is 37.8 Å². The van der Waals surface area contributed by atoms with Crippen LogP contribution in [0.1, 0.15) is 36.6 Å². The minimum absolute atomic E-state index is 0.0688. The van der Waals surface area contributed by atoms with Gasteiger partial charge in [-0.2, -0.15) is 0 Å². The standard InChI is InChI=1S/C22H17ClN2O3S2/c23-11-7-8-13-16(10-11)30-22(24-13)25-18(15-6-3-9-29-15)17-19(26)12-4-1-2-5-14(12)28-20(17)21(25)27/h3,6-10,12,14,18H,1-2,4-5H2. The first-order valence-electron chi connectivity index (χ1n) is 10.00. The Morgan fingerprint density at radius 2 is 2.03 bits per heavy atom. The molecule has 0 radical (unpaired) electrons. The van der Waals surface area contributed by atoms with Crippen LogP contribution in [-0.4, -0.2) is 22.8 Å². The summed E-state index contributed by atoms with van der Waals surface area (Å²) in [6, 6.07) is 8.91. The van der Waals surface area contributed by atoms with Gasteiger partial charge in [-0.25, -0.2) is 4.98 Å². The largest absolute Gasteiger partial charge is 0.483 e. The van der Waals surface area contributed by atoms with Crippen LogP contribution in [0.4, 0.5) is 5.13 Å². The molecule has 8 heteroatoms. The van der Waals surface area contributed by atoms with E-state index >= 15 is 0 Å². The van der Waals surface area contributed by atoms with Crippen molar-refractivity contribution in [2.75, 3.05) is 4.90 Å². The Morgan fingerprint density at radius 3 is 2.87 bits per heavy atom. The van der Waals surface area contributed by atoms with Crippen LogP contribution >= 0.6 is 34.3 Å². The Bertz CT molecular complexity index is 1220. The molecule has 30 heavy (non-hydrogen) atoms. The molecule has 2 aromatic heterocycles. The smallest absolute Gasteiger partial charge is 0.296 e. The van der Waals surface area contributed by atoms with Gasteiger partial charge in [0, 0.05) is 9.90 Å². The number of ether oxygens (including phenoxy) is 1. The molecule has 1 aromatic carbocycles. The number of thiophene rings is 1. The number of halogens is 1. The number of amides is 1. The van der Waals surface area contributed by atoms with Gasteiger partial charge in [-0.1, -0.05) is 35.4 Å². The number of carbonyl (C=O) groups excluding carboxylic acids is 2. The molecule has 152 valence electrons. The molecular weight excluding hydrogens is 440 g/mol. The number of thiazole rings is 1. The summed E-state index contributed by atoms with van der Waals surface area (Å²) in [5.74, 6) is -0.133. The Balaban J connectivity index is 1.50. The summed E-state index contributed by atoms with van der Waals surface area (Å²) >= 11 is 9.09. The van der Waals surface area contributed by atoms with E-state index < -0.39 is 6.04 Å². The number of hydrogen-bond donors (Lipinski definition) is 0. The summed E-state index contributed by atoms with van der Waals surface area (Å²) < 4.78 is 7.10. The average Bonchev–Trinajstić information content (AvgIpc) is 3.46. The predicted octanol–water partition coefficient (Wildman–Crippen LogP) is 5.51. The number of hydrogen-bond acceptors (Lipinski definition) is 6. The van der Waals surface area contributed by atoms with Gasteiger partial charge in [0.15, 0.2) is 16.7 Å². The lowest BCUT2D eigenvalue weighted by Crippen LogP contribution is -2.39. The highest BCUT2D eigenvalue weighted by atomic mass is 35.5. The molecule has 4 heterocycles. The number of rotatable bonds is 2. The van der Waals surface area contributed by atoms with E-state index in [4.69, 9.17) is 21.3 Å². The minimum Gasteiger partial charge on any atom is -0.483 e. The number of anilines is 1. The van der Waals surface area contributed by atoms with Crippen molar-refractivity contribution in [1.29, 1.82) is 0 Å². The second-order valence-electron chi connectivity index (χ2n) is 7.86. The van der Waals surface area contributed by atoms with E-state index in [9.17, 15) is 9.59 Å². The molecule has 3 aliphatic rings. The zero-order valence-corrected chi connectivity index (χ0v) is 18.2. The van der Waals surface area contributed by atoms with E-state index in [0.29, 0.717) is 15.7 Å². The Morgan fingerprint density at radius 1 is 1.17 bits per heavy atom. The third-order valence-electron chi connectivity index (χ3n) is 6.12. The molecule has 0 bridgehead atoms. The molecule has 6 rings (SSSR count). The van der Waals surface area contributed by atoms with Gasteiger partial charge in [0.25, 0.3) is 5.91 Å². The van der Waals surface area contributed by atoms with E-state index in [1.54, 1.807) is 11.0 Å². The van der Waals surface area contributed by atoms with Crippen molar-refractivity contribution < 1.29 is 14.3 Å². The van der Waals surface area contributed by atoms with Crippen molar-refractivity contribution >= 4 is 61.3 Å². The van der Waals surface area contributed by atoms with Gasteiger partial charge in [-0.05, 0) is 48.9 Å². The molecule has 3 unspecified atom stereocenters. The van der Waals surface area contributed by atoms with Crippen molar-refractivity contribution in [3.05, 3.63) is 56.9 Å². The number of benzene rings is 1. The van der Waals surface area contributed by atoms with Crippen molar-refractivity contribution in [3.8, 4) is 0 Å². The third kappa shape index (κ3) is 2.69. The van der Waals surface area contributed by atoms with Gasteiger partial charge in [0.05, 0.1) is 21.7 Å². The summed E-state index contributed by atoms with van der Waals surface area (Å²) in [7, 11) is 0. The van der Waals surface area contributed by atoms with E-state index in [-0.39, 0.29) is 29.5 Å². The summed E-state index contributed by atoms with van der Waals surface area (Å²) in [6.45, 7) is 0. The zero-order chi connectivity index (χ0) is 20.4. The maximum absolute atomic E-state index is 13.5. The number of fused-ring (bicyclic) bond motifs is 2. The first kappa shape index (κ1) is 18.5. The Hall–Kier alpha value is -2.22. The molecule has 3 atom stereocenters. The van der Waals surface area contributed by atoms with Crippen molar-refractivity contribution in [1.82, 2.24) is 4.98 Å². The summed E-state index contributed by atoms with van der Waals surface area (Å²) in [5.41, 5.74) is 1.28. The van der Waals surface area contributed by atoms with Crippen LogP contribution in [0.5, 0.6) is 0 Å². The van der Waals surface area contributed by atoms with Gasteiger partial charge in [-0.15, -0.1) is 11.3 Å². The van der Waals surface area contributed by atoms with Crippen molar-refractivity contribution in [3.63, 3.8) is 0 Å². The molecule has 2 aliphatic heterocycles. The van der Waals surface area contributed by atoms with Gasteiger partial charge in [0.2, 0.25) is 0 Å². The SMILES string of the molecule is O=C1C2=C(OC3CCCCC13)C(=O)N(c1nc3ccc(Cl)cc3s1)C2c1cccs1. The third-order valence-corrected chi connectivity index (χ3v) is 8.30. The lowest BCUT2D eigenvalue weighted by atomic mass is 9.78. The van der Waals surface area contributed by atoms with Crippen LogP contribution < -0.4 is 4.90 Å². The molecule has 1 amide bonds. The fourth-order valence-corrected chi connectivity index (χ4v) is 6.84. The number of nitrogens with zero attached hydrogens (tertiary/aromatic N) is 2. The summed E-state index contributed by atoms with van der Waals surface area (Å²) in [5, 5.41) is 3.15. The fraction of sp³-hybridized carbons (Fsp3) is 0.318. The van der Waals surface area contributed by atoms with E-state index in [1.165, 1.54) is 22.7 Å². The molecule has 0 N–H and O–H groups in total. The maximum Gasteiger partial charge on any atom is 0.296 e. The van der Waals surface area contributed by atoms with Crippen molar-refractivity contribution in [2.24, 2.45) is 5.92 Å². The highest BCUT2D eigenvalue weighted by molar-refractivity contribution is 7.22. The van der Waals surface area contributed by atoms with E-state index in [2.05, 4.69) is 0 Å². The average molecular weight is 457 g/mol. The highest BCUT2D eigenvalue weighted by Crippen LogP contribution is 2.50. The molecule has 1 fully saturated rings. The molecule has 5 nitrogen and oxygen atoms in total. The molecular formula is C22H17ClN2O3S2. The van der Waals surface area contributed by atoms with Gasteiger partial charge < -0.3 is 4.74 Å². The maximum atomic E-state index is 13.5. The van der Waals surface area contributed by atoms with Crippen LogP contribution in [0, 0.1) is 5.92 Å². The topological polar surface area (TPSA) is 59.5 Å². The summed E-state index contributed by atoms with van der Waals surface area (Å²) in [6.07, 6.45) is 3.52. The zero-order valence-electron chi connectivity index (χ0n) is 15.8. The Labute approximate surface area is 185 Å². The molecule has 1 saturated carbocycles. The highest BCUT2D eigenvalue weighted by Gasteiger charge is 2.53. The van der Waals surface area contributed by atoms with Gasteiger partial charge in [0.1, 0.15) is 12.1 Å². The first-order valence-corrected chi connectivity index (χ1v) is 12.1. The normalized spacial score (nSPS) is 26.2. The molecule has 1 aliphatic carbocycles. The molecule has 0 spiro atoms. The van der Waals surface area contributed by atoms with E-state index in [1.807, 2.05) is 29.6 Å². The number of ketones is 1. The van der Waals surface area contributed by atoms with Gasteiger partial charge >= 0.3 is 0 Å². The lowest BCUT2D eigenvalue weighted by molar-refractivity contribution is -0.131. The number of carbonyl (C=O) groups is 2. The van der Waals surface area contributed by atoms with Crippen LogP contribution in [0.3, 0.4) is 0 Å². The summed E-state index contributed by atoms with van der Waals surface area (Å²) in [4.78, 5) is 34.4. The minimum atomic E-state index is -0.487. The monoisotopic (exact) mass is 456 g/mol. The molecule has 0 saturated heterocycles. The Kier molecular flexibility index (Phi) is 4.27. The number of Topliss-reactive ketones (excluding diaryl/α,β-unsaturated/α-hetero) is 1. The van der Waals surface area contributed by atoms with Crippen LogP contribution in [0.15, 0.2) is 47.0 Å². The van der Waals surface area contributed by atoms with Crippen LogP contribution in [-0.2, 0) is 14.3 Å². The second-order valence-corrected chi connectivity index (χ2v) is 10.3. The van der Waals surface area contributed by atoms with Crippen LogP contribution in [0.25, 0.3) is 10.2 Å². The number of aromatic nitrogens is 1. The first-order chi connectivity index (χ1) is 14.6. The van der Waals surface area contributed by atoms with Gasteiger partial charge in [-0.3, -0.25) is 14.5 Å². The fourth-order valence-electron chi connectivity index (χ4n) is 4.75. The second kappa shape index (κ2) is 6.90. The lowest BCUT2D eigenvalue weighted by Gasteiger charge is -2.35. The molecule has 3 aromatic rings. The van der Waals surface area contributed by atoms with E-state index in [0.717, 1.165) is 40.8 Å².